The molecule has 7 nitrogen and oxygen atoms in total. The average Bonchev–Trinajstić information content (AvgIpc) is 3.45. The summed E-state index contributed by atoms with van der Waals surface area (Å²) in [6, 6.07) is 18.3. The van der Waals surface area contributed by atoms with Crippen LogP contribution < -0.4 is 16.8 Å². The standard InChI is InChI=1S/C32H43N4O3S/c1-20(2)32-36-28(19-40-32)22(4)35-31(39)29(21(3)18-33)30(38)25(15-23-11-7-5-8-12-23)16-26(37)17-27(34)24-13-9-6-10-14-24/h5-14,17,19-22,25-27,29,37H,15-16,18,33-34H2,1-4H3,(H,35,39). The zero-order valence-electron chi connectivity index (χ0n) is 23.9. The van der Waals surface area contributed by atoms with Crippen molar-refractivity contribution in [3.63, 3.8) is 0 Å². The van der Waals surface area contributed by atoms with E-state index >= 15 is 0 Å². The van der Waals surface area contributed by atoms with E-state index < -0.39 is 24.0 Å². The number of hydrogen-bond donors (Lipinski definition) is 4. The fourth-order valence-corrected chi connectivity index (χ4v) is 5.72. The van der Waals surface area contributed by atoms with Gasteiger partial charge < -0.3 is 21.9 Å². The normalized spacial score (nSPS) is 16.1. The minimum absolute atomic E-state index is 0.148. The van der Waals surface area contributed by atoms with E-state index in [-0.39, 0.29) is 36.6 Å². The van der Waals surface area contributed by atoms with Gasteiger partial charge in [0.1, 0.15) is 11.7 Å². The molecule has 0 bridgehead atoms. The van der Waals surface area contributed by atoms with Crippen LogP contribution in [-0.4, -0.2) is 34.4 Å². The lowest BCUT2D eigenvalue weighted by molar-refractivity contribution is -0.139. The summed E-state index contributed by atoms with van der Waals surface area (Å²) >= 11 is 1.56. The third-order valence-corrected chi connectivity index (χ3v) is 8.40. The van der Waals surface area contributed by atoms with Gasteiger partial charge in [-0.25, -0.2) is 4.98 Å². The van der Waals surface area contributed by atoms with Crippen LogP contribution in [0.25, 0.3) is 0 Å². The Morgan fingerprint density at radius 3 is 2.23 bits per heavy atom. The van der Waals surface area contributed by atoms with Crippen LogP contribution in [0.2, 0.25) is 0 Å². The number of amides is 1. The molecule has 0 aliphatic carbocycles. The number of aliphatic hydroxyl groups is 1. The van der Waals surface area contributed by atoms with E-state index in [9.17, 15) is 14.7 Å². The second-order valence-corrected chi connectivity index (χ2v) is 11.8. The third-order valence-electron chi connectivity index (χ3n) is 7.23. The summed E-state index contributed by atoms with van der Waals surface area (Å²) in [4.78, 5) is 32.4. The molecule has 0 aliphatic rings. The summed E-state index contributed by atoms with van der Waals surface area (Å²) in [5, 5.41) is 17.0. The lowest BCUT2D eigenvalue weighted by Crippen LogP contribution is -2.45. The number of aliphatic hydroxyl groups excluding tert-OH is 1. The van der Waals surface area contributed by atoms with Crippen LogP contribution in [0.5, 0.6) is 0 Å². The highest BCUT2D eigenvalue weighted by atomic mass is 32.1. The summed E-state index contributed by atoms with van der Waals surface area (Å²) < 4.78 is 0. The van der Waals surface area contributed by atoms with Gasteiger partial charge in [0, 0.05) is 29.7 Å². The number of benzene rings is 2. The first kappa shape index (κ1) is 31.6. The van der Waals surface area contributed by atoms with Crippen molar-refractivity contribution in [1.82, 2.24) is 10.3 Å². The van der Waals surface area contributed by atoms with Crippen molar-refractivity contribution >= 4 is 23.0 Å². The Labute approximate surface area is 242 Å². The summed E-state index contributed by atoms with van der Waals surface area (Å²) in [6.45, 7) is 8.03. The van der Waals surface area contributed by atoms with Crippen molar-refractivity contribution in [1.29, 1.82) is 0 Å². The smallest absolute Gasteiger partial charge is 0.231 e. The highest BCUT2D eigenvalue weighted by molar-refractivity contribution is 7.09. The number of thiazole rings is 1. The van der Waals surface area contributed by atoms with E-state index in [0.29, 0.717) is 12.3 Å². The average molecular weight is 564 g/mol. The Bertz CT molecular complexity index is 1200. The van der Waals surface area contributed by atoms with Gasteiger partial charge in [-0.15, -0.1) is 11.3 Å². The SMILES string of the molecule is CC(C)c1nc(C(C)NC(=O)C(C(=O)C(Cc2ccccc2)CC(O)[CH]C(N)c2ccccc2)C(C)CN)cs1. The molecule has 6 unspecified atom stereocenters. The molecule has 0 fully saturated rings. The zero-order valence-corrected chi connectivity index (χ0v) is 24.7. The molecule has 2 aromatic carbocycles. The number of carbonyl (C=O) groups is 2. The van der Waals surface area contributed by atoms with Crippen molar-refractivity contribution in [2.75, 3.05) is 6.54 Å². The summed E-state index contributed by atoms with van der Waals surface area (Å²) in [5.41, 5.74) is 14.9. The van der Waals surface area contributed by atoms with E-state index in [4.69, 9.17) is 11.5 Å². The molecule has 0 saturated heterocycles. The number of aromatic nitrogens is 1. The van der Waals surface area contributed by atoms with E-state index in [0.717, 1.165) is 21.8 Å². The molecule has 0 spiro atoms. The molecule has 1 heterocycles. The van der Waals surface area contributed by atoms with Gasteiger partial charge in [0.15, 0.2) is 0 Å². The first-order chi connectivity index (χ1) is 19.1. The lowest BCUT2D eigenvalue weighted by atomic mass is 9.78. The van der Waals surface area contributed by atoms with Crippen molar-refractivity contribution in [3.8, 4) is 0 Å². The van der Waals surface area contributed by atoms with Crippen LogP contribution in [0.4, 0.5) is 0 Å². The van der Waals surface area contributed by atoms with Crippen LogP contribution in [0, 0.1) is 24.2 Å². The van der Waals surface area contributed by atoms with Gasteiger partial charge in [-0.1, -0.05) is 81.4 Å². The van der Waals surface area contributed by atoms with Gasteiger partial charge in [-0.2, -0.15) is 0 Å². The van der Waals surface area contributed by atoms with Gasteiger partial charge in [0.25, 0.3) is 0 Å². The Morgan fingerprint density at radius 1 is 1.02 bits per heavy atom. The molecule has 3 rings (SSSR count). The predicted octanol–water partition coefficient (Wildman–Crippen LogP) is 4.74. The van der Waals surface area contributed by atoms with E-state index in [2.05, 4.69) is 24.1 Å². The summed E-state index contributed by atoms with van der Waals surface area (Å²) in [5.74, 6) is -2.25. The molecule has 8 heteroatoms. The highest BCUT2D eigenvalue weighted by Gasteiger charge is 2.37. The first-order valence-electron chi connectivity index (χ1n) is 14.0. The largest absolute Gasteiger partial charge is 0.393 e. The monoisotopic (exact) mass is 563 g/mol. The molecule has 1 aromatic heterocycles. The fraction of sp³-hybridized carbons (Fsp3) is 0.438. The summed E-state index contributed by atoms with van der Waals surface area (Å²) in [6.07, 6.45) is 1.26. The van der Waals surface area contributed by atoms with E-state index in [1.807, 2.05) is 79.9 Å². The maximum Gasteiger partial charge on any atom is 0.231 e. The van der Waals surface area contributed by atoms with Gasteiger partial charge in [-0.3, -0.25) is 9.59 Å². The van der Waals surface area contributed by atoms with E-state index in [1.54, 1.807) is 17.8 Å². The number of nitrogens with zero attached hydrogens (tertiary/aromatic N) is 1. The number of nitrogens with one attached hydrogen (secondary N) is 1. The molecule has 40 heavy (non-hydrogen) atoms. The van der Waals surface area contributed by atoms with Crippen LogP contribution in [0.1, 0.15) is 73.9 Å². The molecule has 215 valence electrons. The topological polar surface area (TPSA) is 131 Å². The van der Waals surface area contributed by atoms with E-state index in [1.165, 1.54) is 0 Å². The van der Waals surface area contributed by atoms with Crippen molar-refractivity contribution in [3.05, 3.63) is 94.3 Å². The Hall–Kier alpha value is -2.91. The fourth-order valence-electron chi connectivity index (χ4n) is 4.79. The molecule has 0 saturated carbocycles. The third kappa shape index (κ3) is 8.80. The number of nitrogens with two attached hydrogens (primary N) is 2. The lowest BCUT2D eigenvalue weighted by Gasteiger charge is -2.28. The number of carbonyl (C=O) groups excluding carboxylic acids is 2. The zero-order chi connectivity index (χ0) is 29.2. The molecular weight excluding hydrogens is 520 g/mol. The highest BCUT2D eigenvalue weighted by Crippen LogP contribution is 2.28. The number of ketones is 1. The van der Waals surface area contributed by atoms with Crippen LogP contribution >= 0.6 is 11.3 Å². The Balaban J connectivity index is 1.80. The van der Waals surface area contributed by atoms with Gasteiger partial charge >= 0.3 is 0 Å². The quantitative estimate of drug-likeness (QED) is 0.198. The van der Waals surface area contributed by atoms with Crippen LogP contribution in [0.3, 0.4) is 0 Å². The maximum absolute atomic E-state index is 14.1. The number of hydrogen-bond acceptors (Lipinski definition) is 7. The predicted molar refractivity (Wildman–Crippen MR) is 161 cm³/mol. The molecule has 3 aromatic rings. The molecule has 1 amide bonds. The van der Waals surface area contributed by atoms with Gasteiger partial charge in [0.05, 0.1) is 22.8 Å². The maximum atomic E-state index is 14.1. The number of Topliss-reactive ketones (excluding diaryl/α,β-unsaturated/α-hetero) is 1. The molecule has 6 atom stereocenters. The van der Waals surface area contributed by atoms with Crippen LogP contribution in [-0.2, 0) is 16.0 Å². The summed E-state index contributed by atoms with van der Waals surface area (Å²) in [7, 11) is 0. The van der Waals surface area contributed by atoms with Crippen molar-refractivity contribution < 1.29 is 14.7 Å². The minimum Gasteiger partial charge on any atom is -0.393 e. The first-order valence-corrected chi connectivity index (χ1v) is 14.9. The second-order valence-electron chi connectivity index (χ2n) is 10.9. The molecule has 6 N–H and O–H groups in total. The van der Waals surface area contributed by atoms with Crippen molar-refractivity contribution in [2.45, 2.75) is 64.6 Å². The Kier molecular flexibility index (Phi) is 12.0. The Morgan fingerprint density at radius 2 is 1.65 bits per heavy atom. The van der Waals surface area contributed by atoms with Crippen LogP contribution in [0.15, 0.2) is 66.0 Å². The minimum atomic E-state index is -0.959. The van der Waals surface area contributed by atoms with Gasteiger partial charge in [-0.05, 0) is 43.4 Å². The van der Waals surface area contributed by atoms with Gasteiger partial charge in [0.2, 0.25) is 5.91 Å². The van der Waals surface area contributed by atoms with Crippen molar-refractivity contribution in [2.24, 2.45) is 29.2 Å². The molecule has 0 aliphatic heterocycles. The molecule has 1 radical (unpaired) electrons. The second kappa shape index (κ2) is 15.2. The molecular formula is C32H43N4O3S. The number of rotatable bonds is 15.